The van der Waals surface area contributed by atoms with Crippen LogP contribution in [0.25, 0.3) is 0 Å². The third kappa shape index (κ3) is 3.61. The second kappa shape index (κ2) is 5.95. The first-order chi connectivity index (χ1) is 6.76. The highest BCUT2D eigenvalue weighted by Gasteiger charge is 2.21. The van der Waals surface area contributed by atoms with Gasteiger partial charge >= 0.3 is 5.97 Å². The number of esters is 1. The maximum absolute atomic E-state index is 11.2. The van der Waals surface area contributed by atoms with Crippen molar-refractivity contribution in [2.24, 2.45) is 0 Å². The molecule has 0 saturated carbocycles. The van der Waals surface area contributed by atoms with Gasteiger partial charge in [-0.2, -0.15) is 0 Å². The Bertz CT molecular complexity index is 186. The molecule has 82 valence electrons. The van der Waals surface area contributed by atoms with Gasteiger partial charge in [0.2, 0.25) is 0 Å². The number of ether oxygens (including phenoxy) is 3. The Kier molecular flexibility index (Phi) is 4.86. The largest absolute Gasteiger partial charge is 0.465 e. The molecule has 0 aromatic heterocycles. The van der Waals surface area contributed by atoms with E-state index in [0.717, 1.165) is 6.54 Å². The van der Waals surface area contributed by atoms with Crippen LogP contribution in [0.2, 0.25) is 0 Å². The van der Waals surface area contributed by atoms with Crippen LogP contribution >= 0.6 is 0 Å². The van der Waals surface area contributed by atoms with Crippen molar-refractivity contribution < 1.29 is 19.0 Å². The second-order valence-electron chi connectivity index (χ2n) is 3.08. The van der Waals surface area contributed by atoms with Crippen LogP contribution in [-0.4, -0.2) is 57.1 Å². The lowest BCUT2D eigenvalue weighted by Crippen LogP contribution is -2.45. The van der Waals surface area contributed by atoms with Gasteiger partial charge in [0.15, 0.2) is 6.29 Å². The number of carbonyl (C=O) groups is 1. The summed E-state index contributed by atoms with van der Waals surface area (Å²) < 4.78 is 15.2. The van der Waals surface area contributed by atoms with Crippen LogP contribution in [0.4, 0.5) is 0 Å². The number of hydrogen-bond acceptors (Lipinski definition) is 5. The van der Waals surface area contributed by atoms with E-state index in [9.17, 15) is 4.79 Å². The number of nitrogens with zero attached hydrogens (tertiary/aromatic N) is 1. The summed E-state index contributed by atoms with van der Waals surface area (Å²) in [5, 5.41) is 0. The first-order valence-electron chi connectivity index (χ1n) is 4.78. The van der Waals surface area contributed by atoms with E-state index in [4.69, 9.17) is 14.2 Å². The molecule has 0 amide bonds. The van der Waals surface area contributed by atoms with Crippen LogP contribution in [0.15, 0.2) is 0 Å². The summed E-state index contributed by atoms with van der Waals surface area (Å²) in [6.07, 6.45) is -0.224. The lowest BCUT2D eigenvalue weighted by atomic mass is 10.4. The third-order valence-corrected chi connectivity index (χ3v) is 2.04. The second-order valence-corrected chi connectivity index (χ2v) is 3.08. The number of rotatable bonds is 4. The molecular formula is C9H17NO4. The smallest absolute Gasteiger partial charge is 0.320 e. The van der Waals surface area contributed by atoms with Crippen LogP contribution in [-0.2, 0) is 19.0 Å². The molecule has 5 nitrogen and oxygen atoms in total. The van der Waals surface area contributed by atoms with Gasteiger partial charge in [0.1, 0.15) is 0 Å². The van der Waals surface area contributed by atoms with Crippen molar-refractivity contribution in [1.82, 2.24) is 4.90 Å². The van der Waals surface area contributed by atoms with Crippen LogP contribution in [0.1, 0.15) is 6.92 Å². The molecule has 5 heteroatoms. The van der Waals surface area contributed by atoms with Gasteiger partial charge in [0, 0.05) is 13.7 Å². The molecule has 0 aliphatic carbocycles. The Morgan fingerprint density at radius 2 is 2.43 bits per heavy atom. The Morgan fingerprint density at radius 3 is 3.07 bits per heavy atom. The number of carbonyl (C=O) groups excluding carboxylic acids is 1. The minimum absolute atomic E-state index is 0.191. The first-order valence-corrected chi connectivity index (χ1v) is 4.78. The van der Waals surface area contributed by atoms with E-state index >= 15 is 0 Å². The minimum atomic E-state index is -0.224. The van der Waals surface area contributed by atoms with E-state index in [1.54, 1.807) is 14.0 Å². The third-order valence-electron chi connectivity index (χ3n) is 2.04. The molecule has 1 rings (SSSR count). The predicted molar refractivity (Wildman–Crippen MR) is 49.8 cm³/mol. The van der Waals surface area contributed by atoms with E-state index in [1.165, 1.54) is 0 Å². The zero-order valence-corrected chi connectivity index (χ0v) is 8.69. The fraction of sp³-hybridized carbons (Fsp3) is 0.889. The Balaban J connectivity index is 2.26. The zero-order valence-electron chi connectivity index (χ0n) is 8.69. The van der Waals surface area contributed by atoms with Crippen LogP contribution in [0, 0.1) is 0 Å². The van der Waals surface area contributed by atoms with Gasteiger partial charge < -0.3 is 14.2 Å². The molecule has 0 spiro atoms. The monoisotopic (exact) mass is 203 g/mol. The highest BCUT2D eigenvalue weighted by molar-refractivity contribution is 5.71. The fourth-order valence-corrected chi connectivity index (χ4v) is 1.34. The summed E-state index contributed by atoms with van der Waals surface area (Å²) in [4.78, 5) is 13.1. The molecule has 1 unspecified atom stereocenters. The normalized spacial score (nSPS) is 23.4. The van der Waals surface area contributed by atoms with Gasteiger partial charge in [0.05, 0.1) is 26.3 Å². The molecular weight excluding hydrogens is 186 g/mol. The molecule has 0 radical (unpaired) electrons. The molecule has 0 aromatic rings. The number of morpholine rings is 1. The summed E-state index contributed by atoms with van der Waals surface area (Å²) in [6, 6.07) is 0. The van der Waals surface area contributed by atoms with Crippen LogP contribution < -0.4 is 0 Å². The van der Waals surface area contributed by atoms with Crippen molar-refractivity contribution in [1.29, 1.82) is 0 Å². The Hall–Kier alpha value is -0.650. The van der Waals surface area contributed by atoms with E-state index in [2.05, 4.69) is 0 Å². The summed E-state index contributed by atoms with van der Waals surface area (Å²) in [7, 11) is 1.60. The summed E-state index contributed by atoms with van der Waals surface area (Å²) in [5.74, 6) is -0.191. The molecule has 0 bridgehead atoms. The van der Waals surface area contributed by atoms with Gasteiger partial charge in [-0.3, -0.25) is 9.69 Å². The minimum Gasteiger partial charge on any atom is -0.465 e. The fourth-order valence-electron chi connectivity index (χ4n) is 1.34. The molecule has 0 aromatic carbocycles. The van der Waals surface area contributed by atoms with E-state index in [-0.39, 0.29) is 12.3 Å². The highest BCUT2D eigenvalue weighted by Crippen LogP contribution is 2.05. The Labute approximate surface area is 83.9 Å². The lowest BCUT2D eigenvalue weighted by Gasteiger charge is -2.30. The van der Waals surface area contributed by atoms with Crippen molar-refractivity contribution in [3.05, 3.63) is 0 Å². The van der Waals surface area contributed by atoms with Crippen molar-refractivity contribution in [2.75, 3.05) is 40.0 Å². The van der Waals surface area contributed by atoms with E-state index in [1.807, 2.05) is 4.90 Å². The molecule has 14 heavy (non-hydrogen) atoms. The molecule has 0 N–H and O–H groups in total. The first kappa shape index (κ1) is 11.4. The summed E-state index contributed by atoms with van der Waals surface area (Å²) in [5.41, 5.74) is 0. The standard InChI is InChI=1S/C9H17NO4/c1-3-13-8(11)6-10-4-5-14-9(7-10)12-2/h9H,3-7H2,1-2H3. The van der Waals surface area contributed by atoms with E-state index < -0.39 is 0 Å². The average molecular weight is 203 g/mol. The lowest BCUT2D eigenvalue weighted by molar-refractivity contribution is -0.170. The molecule has 1 aliphatic heterocycles. The van der Waals surface area contributed by atoms with Crippen molar-refractivity contribution in [2.45, 2.75) is 13.2 Å². The topological polar surface area (TPSA) is 48.0 Å². The van der Waals surface area contributed by atoms with Crippen LogP contribution in [0.5, 0.6) is 0 Å². The number of methoxy groups -OCH3 is 1. The molecule has 1 aliphatic rings. The van der Waals surface area contributed by atoms with Gasteiger partial charge in [-0.25, -0.2) is 0 Å². The van der Waals surface area contributed by atoms with Gasteiger partial charge in [0.25, 0.3) is 0 Å². The average Bonchev–Trinajstić information content (AvgIpc) is 2.18. The van der Waals surface area contributed by atoms with Crippen LogP contribution in [0.3, 0.4) is 0 Å². The zero-order chi connectivity index (χ0) is 10.4. The SMILES string of the molecule is CCOC(=O)CN1CCOC(OC)C1. The van der Waals surface area contributed by atoms with Crippen molar-refractivity contribution in [3.8, 4) is 0 Å². The maximum Gasteiger partial charge on any atom is 0.320 e. The highest BCUT2D eigenvalue weighted by atomic mass is 16.7. The summed E-state index contributed by atoms with van der Waals surface area (Å²) in [6.45, 7) is 4.51. The maximum atomic E-state index is 11.2. The Morgan fingerprint density at radius 1 is 1.64 bits per heavy atom. The molecule has 1 fully saturated rings. The molecule has 1 heterocycles. The van der Waals surface area contributed by atoms with Gasteiger partial charge in [-0.05, 0) is 6.92 Å². The summed E-state index contributed by atoms with van der Waals surface area (Å²) >= 11 is 0. The van der Waals surface area contributed by atoms with Crippen molar-refractivity contribution >= 4 is 5.97 Å². The number of hydrogen-bond donors (Lipinski definition) is 0. The van der Waals surface area contributed by atoms with E-state index in [0.29, 0.717) is 26.3 Å². The quantitative estimate of drug-likeness (QED) is 0.595. The van der Waals surface area contributed by atoms with Gasteiger partial charge in [-0.1, -0.05) is 0 Å². The predicted octanol–water partition coefficient (Wildman–Crippen LogP) is -0.146. The van der Waals surface area contributed by atoms with Crippen molar-refractivity contribution in [3.63, 3.8) is 0 Å². The molecule has 1 atom stereocenters. The molecule has 1 saturated heterocycles. The van der Waals surface area contributed by atoms with Gasteiger partial charge in [-0.15, -0.1) is 0 Å².